The first-order chi connectivity index (χ1) is 9.97. The number of carboxylic acids is 1. The molecular formula is C14H10FN2NaO4. The molecule has 22 heavy (non-hydrogen) atoms. The first kappa shape index (κ1) is 18.1. The van der Waals surface area contributed by atoms with Gasteiger partial charge in [-0.05, 0) is 23.8 Å². The third-order valence-corrected chi connectivity index (χ3v) is 2.63. The Bertz CT molecular complexity index is 709. The average Bonchev–Trinajstić information content (AvgIpc) is 2.44. The maximum absolute atomic E-state index is 13.1. The van der Waals surface area contributed by atoms with Crippen LogP contribution in [0.4, 0.5) is 4.39 Å². The van der Waals surface area contributed by atoms with E-state index >= 15 is 0 Å². The molecule has 0 saturated carbocycles. The maximum Gasteiger partial charge on any atom is 1.00 e. The summed E-state index contributed by atoms with van der Waals surface area (Å²) >= 11 is 0. The number of rotatable bonds is 4. The van der Waals surface area contributed by atoms with Crippen LogP contribution in [0.15, 0.2) is 36.5 Å². The molecule has 0 atom stereocenters. The molecule has 0 bridgehead atoms. The van der Waals surface area contributed by atoms with Crippen molar-refractivity contribution in [2.45, 2.75) is 0 Å². The molecule has 0 unspecified atom stereocenters. The fourth-order valence-electron chi connectivity index (χ4n) is 1.69. The van der Waals surface area contributed by atoms with E-state index in [0.717, 1.165) is 0 Å². The van der Waals surface area contributed by atoms with Crippen LogP contribution in [0.3, 0.4) is 0 Å². The zero-order chi connectivity index (χ0) is 15.4. The summed E-state index contributed by atoms with van der Waals surface area (Å²) in [4.78, 5) is 25.6. The largest absolute Gasteiger partial charge is 1.00 e. The summed E-state index contributed by atoms with van der Waals surface area (Å²) in [5.74, 6) is -3.18. The van der Waals surface area contributed by atoms with Crippen molar-refractivity contribution >= 4 is 11.9 Å². The SMILES string of the molecule is O=C([O-])CNC(=O)c1ncc(-c2cccc(F)c2)cc1O.[Na+]. The van der Waals surface area contributed by atoms with Gasteiger partial charge < -0.3 is 20.3 Å². The van der Waals surface area contributed by atoms with E-state index in [2.05, 4.69) is 4.98 Å². The van der Waals surface area contributed by atoms with Gasteiger partial charge in [0.15, 0.2) is 5.69 Å². The van der Waals surface area contributed by atoms with E-state index in [4.69, 9.17) is 0 Å². The number of halogens is 1. The van der Waals surface area contributed by atoms with Crippen LogP contribution in [0.5, 0.6) is 5.75 Å². The molecule has 0 aliphatic carbocycles. The molecule has 0 saturated heterocycles. The Morgan fingerprint density at radius 2 is 2.00 bits per heavy atom. The van der Waals surface area contributed by atoms with Crippen molar-refractivity contribution in [3.05, 3.63) is 48.0 Å². The number of carbonyl (C=O) groups excluding carboxylic acids is 2. The number of nitrogens with zero attached hydrogens (tertiary/aromatic N) is 1. The molecule has 2 aromatic rings. The second-order valence-corrected chi connectivity index (χ2v) is 4.16. The normalized spacial score (nSPS) is 9.68. The summed E-state index contributed by atoms with van der Waals surface area (Å²) in [5.41, 5.74) is 0.583. The molecule has 0 radical (unpaired) electrons. The van der Waals surface area contributed by atoms with Gasteiger partial charge in [0.1, 0.15) is 11.6 Å². The van der Waals surface area contributed by atoms with Gasteiger partial charge in [0.2, 0.25) is 0 Å². The number of carboxylic acid groups (broad SMARTS) is 1. The molecule has 0 fully saturated rings. The van der Waals surface area contributed by atoms with E-state index in [1.54, 1.807) is 6.07 Å². The Balaban J connectivity index is 0.00000242. The van der Waals surface area contributed by atoms with Crippen molar-refractivity contribution in [2.75, 3.05) is 6.54 Å². The van der Waals surface area contributed by atoms with Crippen LogP contribution in [-0.4, -0.2) is 28.5 Å². The smallest absolute Gasteiger partial charge is 0.548 e. The van der Waals surface area contributed by atoms with Crippen molar-refractivity contribution in [1.29, 1.82) is 0 Å². The zero-order valence-corrected chi connectivity index (χ0v) is 13.7. The van der Waals surface area contributed by atoms with Crippen molar-refractivity contribution in [3.63, 3.8) is 0 Å². The molecular weight excluding hydrogens is 302 g/mol. The average molecular weight is 312 g/mol. The number of amides is 1. The molecule has 0 spiro atoms. The van der Waals surface area contributed by atoms with Gasteiger partial charge in [-0.15, -0.1) is 0 Å². The standard InChI is InChI=1S/C14H11FN2O4.Na/c15-10-3-1-2-8(4-10)9-5-11(18)13(16-6-9)14(21)17-7-12(19)20;/h1-6,18H,7H2,(H,17,21)(H,19,20);/q;+1/p-1. The first-order valence-electron chi connectivity index (χ1n) is 5.90. The van der Waals surface area contributed by atoms with Crippen LogP contribution in [0.2, 0.25) is 0 Å². The summed E-state index contributed by atoms with van der Waals surface area (Å²) in [5, 5.41) is 22.0. The van der Waals surface area contributed by atoms with E-state index in [9.17, 15) is 24.2 Å². The van der Waals surface area contributed by atoms with Gasteiger partial charge in [-0.3, -0.25) is 4.79 Å². The number of carbonyl (C=O) groups is 2. The quantitative estimate of drug-likeness (QED) is 0.589. The Hall–Kier alpha value is -1.96. The van der Waals surface area contributed by atoms with Crippen molar-refractivity contribution in [2.24, 2.45) is 0 Å². The van der Waals surface area contributed by atoms with Crippen LogP contribution in [0, 0.1) is 5.82 Å². The van der Waals surface area contributed by atoms with Gasteiger partial charge in [-0.25, -0.2) is 9.37 Å². The Kier molecular flexibility index (Phi) is 6.48. The second kappa shape index (κ2) is 7.88. The molecule has 1 heterocycles. The molecule has 1 amide bonds. The number of hydrogen-bond donors (Lipinski definition) is 2. The molecule has 2 rings (SSSR count). The molecule has 2 N–H and O–H groups in total. The maximum atomic E-state index is 13.1. The minimum atomic E-state index is -1.46. The van der Waals surface area contributed by atoms with Crippen LogP contribution >= 0.6 is 0 Å². The van der Waals surface area contributed by atoms with Gasteiger partial charge in [0, 0.05) is 11.8 Å². The molecule has 0 aliphatic heterocycles. The zero-order valence-electron chi connectivity index (χ0n) is 11.7. The number of aromatic nitrogens is 1. The second-order valence-electron chi connectivity index (χ2n) is 4.16. The number of aromatic hydroxyl groups is 1. The number of benzene rings is 1. The van der Waals surface area contributed by atoms with E-state index < -0.39 is 30.0 Å². The third-order valence-electron chi connectivity index (χ3n) is 2.63. The fraction of sp³-hybridized carbons (Fsp3) is 0.0714. The molecule has 1 aromatic carbocycles. The third kappa shape index (κ3) is 4.52. The number of aliphatic carboxylic acids is 1. The summed E-state index contributed by atoms with van der Waals surface area (Å²) in [6, 6.07) is 6.90. The number of hydrogen-bond acceptors (Lipinski definition) is 5. The topological polar surface area (TPSA) is 102 Å². The molecule has 6 nitrogen and oxygen atoms in total. The monoisotopic (exact) mass is 312 g/mol. The number of pyridine rings is 1. The Morgan fingerprint density at radius 3 is 2.59 bits per heavy atom. The van der Waals surface area contributed by atoms with Gasteiger partial charge in [0.25, 0.3) is 5.91 Å². The summed E-state index contributed by atoms with van der Waals surface area (Å²) < 4.78 is 13.1. The molecule has 8 heteroatoms. The van der Waals surface area contributed by atoms with E-state index in [1.165, 1.54) is 30.5 Å². The van der Waals surface area contributed by atoms with Gasteiger partial charge >= 0.3 is 29.6 Å². The Labute approximate surface area is 147 Å². The van der Waals surface area contributed by atoms with Gasteiger partial charge in [0.05, 0.1) is 12.5 Å². The minimum absolute atomic E-state index is 0. The van der Waals surface area contributed by atoms with Gasteiger partial charge in [-0.2, -0.15) is 0 Å². The van der Waals surface area contributed by atoms with Gasteiger partial charge in [-0.1, -0.05) is 12.1 Å². The summed E-state index contributed by atoms with van der Waals surface area (Å²) in [7, 11) is 0. The molecule has 0 aliphatic rings. The van der Waals surface area contributed by atoms with Crippen molar-refractivity contribution in [3.8, 4) is 16.9 Å². The minimum Gasteiger partial charge on any atom is -0.548 e. The predicted molar refractivity (Wildman–Crippen MR) is 68.6 cm³/mol. The van der Waals surface area contributed by atoms with Crippen molar-refractivity contribution in [1.82, 2.24) is 10.3 Å². The van der Waals surface area contributed by atoms with Crippen LogP contribution < -0.4 is 40.0 Å². The van der Waals surface area contributed by atoms with E-state index in [1.807, 2.05) is 5.32 Å². The van der Waals surface area contributed by atoms with E-state index in [-0.39, 0.29) is 35.3 Å². The van der Waals surface area contributed by atoms with E-state index in [0.29, 0.717) is 11.1 Å². The summed E-state index contributed by atoms with van der Waals surface area (Å²) in [6.45, 7) is -0.689. The molecule has 1 aromatic heterocycles. The van der Waals surface area contributed by atoms with Crippen LogP contribution in [-0.2, 0) is 4.79 Å². The fourth-order valence-corrected chi connectivity index (χ4v) is 1.69. The van der Waals surface area contributed by atoms with Crippen LogP contribution in [0.1, 0.15) is 10.5 Å². The first-order valence-corrected chi connectivity index (χ1v) is 5.90. The summed E-state index contributed by atoms with van der Waals surface area (Å²) in [6.07, 6.45) is 1.28. The van der Waals surface area contributed by atoms with Crippen molar-refractivity contribution < 1.29 is 53.7 Å². The number of nitrogens with one attached hydrogen (secondary N) is 1. The van der Waals surface area contributed by atoms with Crippen LogP contribution in [0.25, 0.3) is 11.1 Å². The molecule has 108 valence electrons. The Morgan fingerprint density at radius 1 is 1.27 bits per heavy atom. The predicted octanol–water partition coefficient (Wildman–Crippen LogP) is -2.92.